The highest BCUT2D eigenvalue weighted by molar-refractivity contribution is 7.12. The van der Waals surface area contributed by atoms with Crippen LogP contribution in [0.4, 0.5) is 0 Å². The minimum absolute atomic E-state index is 0.535. The van der Waals surface area contributed by atoms with Crippen molar-refractivity contribution in [3.8, 4) is 0 Å². The second kappa shape index (κ2) is 6.69. The zero-order valence-corrected chi connectivity index (χ0v) is 12.6. The summed E-state index contributed by atoms with van der Waals surface area (Å²) >= 11 is 1.96. The zero-order chi connectivity index (χ0) is 13.0. The Hall–Kier alpha value is -0.380. The highest BCUT2D eigenvalue weighted by Crippen LogP contribution is 2.36. The van der Waals surface area contributed by atoms with Gasteiger partial charge in [-0.2, -0.15) is 0 Å². The van der Waals surface area contributed by atoms with E-state index in [1.807, 2.05) is 11.3 Å². The van der Waals surface area contributed by atoms with Crippen LogP contribution in [-0.2, 0) is 4.74 Å². The zero-order valence-electron chi connectivity index (χ0n) is 11.8. The smallest absolute Gasteiger partial charge is 0.0469 e. The van der Waals surface area contributed by atoms with Crippen molar-refractivity contribution in [3.05, 3.63) is 21.4 Å². The van der Waals surface area contributed by atoms with Crippen molar-refractivity contribution < 1.29 is 4.74 Å². The van der Waals surface area contributed by atoms with E-state index in [2.05, 4.69) is 32.2 Å². The van der Waals surface area contributed by atoms with Crippen molar-refractivity contribution in [2.75, 3.05) is 19.8 Å². The quantitative estimate of drug-likeness (QED) is 0.875. The average molecular weight is 267 g/mol. The molecule has 0 aromatic carbocycles. The molecule has 0 bridgehead atoms. The van der Waals surface area contributed by atoms with E-state index in [9.17, 15) is 0 Å². The van der Waals surface area contributed by atoms with Gasteiger partial charge in [-0.15, -0.1) is 11.3 Å². The summed E-state index contributed by atoms with van der Waals surface area (Å²) < 4.78 is 5.50. The van der Waals surface area contributed by atoms with Crippen LogP contribution in [0, 0.1) is 19.8 Å². The fourth-order valence-corrected chi connectivity index (χ4v) is 4.00. The monoisotopic (exact) mass is 267 g/mol. The molecule has 1 aliphatic rings. The van der Waals surface area contributed by atoms with Gasteiger partial charge in [-0.1, -0.05) is 6.92 Å². The summed E-state index contributed by atoms with van der Waals surface area (Å²) in [6.07, 6.45) is 3.58. The number of hydrogen-bond acceptors (Lipinski definition) is 3. The Morgan fingerprint density at radius 3 is 2.67 bits per heavy atom. The molecule has 0 aliphatic carbocycles. The Morgan fingerprint density at radius 1 is 1.39 bits per heavy atom. The lowest BCUT2D eigenvalue weighted by molar-refractivity contribution is 0.0540. The molecule has 1 aromatic rings. The fraction of sp³-hybridized carbons (Fsp3) is 0.733. The molecule has 0 amide bonds. The molecule has 0 saturated carbocycles. The number of hydrogen-bond donors (Lipinski definition) is 1. The van der Waals surface area contributed by atoms with Gasteiger partial charge in [-0.3, -0.25) is 0 Å². The van der Waals surface area contributed by atoms with Crippen molar-refractivity contribution in [2.45, 2.75) is 46.1 Å². The van der Waals surface area contributed by atoms with Crippen LogP contribution in [-0.4, -0.2) is 19.8 Å². The molecule has 1 atom stereocenters. The van der Waals surface area contributed by atoms with E-state index in [1.54, 1.807) is 4.88 Å². The van der Waals surface area contributed by atoms with E-state index in [-0.39, 0.29) is 0 Å². The molecule has 1 aliphatic heterocycles. The molecule has 0 spiro atoms. The van der Waals surface area contributed by atoms with Crippen LogP contribution in [0.15, 0.2) is 6.07 Å². The molecule has 0 radical (unpaired) electrons. The second-order valence-corrected chi connectivity index (χ2v) is 6.57. The maximum absolute atomic E-state index is 5.50. The third kappa shape index (κ3) is 3.34. The van der Waals surface area contributed by atoms with E-state index < -0.39 is 0 Å². The van der Waals surface area contributed by atoms with Crippen LogP contribution in [0.5, 0.6) is 0 Å². The summed E-state index contributed by atoms with van der Waals surface area (Å²) in [4.78, 5) is 2.98. The lowest BCUT2D eigenvalue weighted by atomic mass is 9.89. The first kappa shape index (κ1) is 14.0. The van der Waals surface area contributed by atoms with Crippen LogP contribution >= 0.6 is 11.3 Å². The maximum atomic E-state index is 5.50. The lowest BCUT2D eigenvalue weighted by Gasteiger charge is -2.31. The van der Waals surface area contributed by atoms with Crippen molar-refractivity contribution in [3.63, 3.8) is 0 Å². The second-order valence-electron chi connectivity index (χ2n) is 5.29. The molecular formula is C15H25NOS. The van der Waals surface area contributed by atoms with Gasteiger partial charge in [0.25, 0.3) is 0 Å². The Bertz CT molecular complexity index is 369. The largest absolute Gasteiger partial charge is 0.381 e. The third-order valence-electron chi connectivity index (χ3n) is 3.71. The van der Waals surface area contributed by atoms with Gasteiger partial charge in [0.2, 0.25) is 0 Å². The number of thiophene rings is 1. The molecule has 3 heteroatoms. The Labute approximate surface area is 115 Å². The van der Waals surface area contributed by atoms with Gasteiger partial charge in [0, 0.05) is 29.0 Å². The normalized spacial score (nSPS) is 19.1. The molecule has 1 saturated heterocycles. The molecule has 1 aromatic heterocycles. The molecule has 2 nitrogen and oxygen atoms in total. The van der Waals surface area contributed by atoms with Gasteiger partial charge in [0.15, 0.2) is 0 Å². The SMILES string of the molecule is CCCNC(c1sc(C)cc1C)C1CCOCC1. The van der Waals surface area contributed by atoms with E-state index in [1.165, 1.54) is 29.7 Å². The third-order valence-corrected chi connectivity index (χ3v) is 4.95. The summed E-state index contributed by atoms with van der Waals surface area (Å²) in [7, 11) is 0. The molecule has 18 heavy (non-hydrogen) atoms. The number of nitrogens with one attached hydrogen (secondary N) is 1. The topological polar surface area (TPSA) is 21.3 Å². The highest BCUT2D eigenvalue weighted by atomic mass is 32.1. The van der Waals surface area contributed by atoms with Crippen molar-refractivity contribution >= 4 is 11.3 Å². The first-order chi connectivity index (χ1) is 8.72. The van der Waals surface area contributed by atoms with Crippen molar-refractivity contribution in [2.24, 2.45) is 5.92 Å². The lowest BCUT2D eigenvalue weighted by Crippen LogP contribution is -2.32. The average Bonchev–Trinajstić information content (AvgIpc) is 2.70. The number of ether oxygens (including phenoxy) is 1. The van der Waals surface area contributed by atoms with E-state index in [0.717, 1.165) is 25.7 Å². The van der Waals surface area contributed by atoms with Crippen molar-refractivity contribution in [1.82, 2.24) is 5.32 Å². The van der Waals surface area contributed by atoms with Gasteiger partial charge in [0.05, 0.1) is 0 Å². The summed E-state index contributed by atoms with van der Waals surface area (Å²) in [5.74, 6) is 0.738. The number of aryl methyl sites for hydroxylation is 2. The molecule has 1 fully saturated rings. The predicted molar refractivity (Wildman–Crippen MR) is 78.4 cm³/mol. The summed E-state index contributed by atoms with van der Waals surface area (Å²) in [5.41, 5.74) is 1.46. The van der Waals surface area contributed by atoms with Gasteiger partial charge in [-0.25, -0.2) is 0 Å². The Kier molecular flexibility index (Phi) is 5.22. The summed E-state index contributed by atoms with van der Waals surface area (Å²) in [6.45, 7) is 9.66. The van der Waals surface area contributed by atoms with Gasteiger partial charge >= 0.3 is 0 Å². The molecule has 2 heterocycles. The minimum Gasteiger partial charge on any atom is -0.381 e. The van der Waals surface area contributed by atoms with E-state index in [4.69, 9.17) is 4.74 Å². The fourth-order valence-electron chi connectivity index (χ4n) is 2.79. The standard InChI is InChI=1S/C15H25NOS/c1-4-7-16-14(13-5-8-17-9-6-13)15-11(2)10-12(3)18-15/h10,13-14,16H,4-9H2,1-3H3. The van der Waals surface area contributed by atoms with Crippen LogP contribution in [0.1, 0.15) is 47.5 Å². The summed E-state index contributed by atoms with van der Waals surface area (Å²) in [5, 5.41) is 3.76. The number of rotatable bonds is 5. The molecule has 1 N–H and O–H groups in total. The van der Waals surface area contributed by atoms with Crippen LogP contribution in [0.3, 0.4) is 0 Å². The summed E-state index contributed by atoms with van der Waals surface area (Å²) in [6, 6.07) is 2.85. The van der Waals surface area contributed by atoms with Crippen LogP contribution in [0.2, 0.25) is 0 Å². The van der Waals surface area contributed by atoms with Gasteiger partial charge in [0.1, 0.15) is 0 Å². The maximum Gasteiger partial charge on any atom is 0.0469 e. The molecule has 102 valence electrons. The minimum atomic E-state index is 0.535. The van der Waals surface area contributed by atoms with Crippen LogP contribution in [0.25, 0.3) is 0 Å². The molecule has 1 unspecified atom stereocenters. The highest BCUT2D eigenvalue weighted by Gasteiger charge is 2.27. The molecule has 2 rings (SSSR count). The van der Waals surface area contributed by atoms with E-state index >= 15 is 0 Å². The van der Waals surface area contributed by atoms with Gasteiger partial charge in [-0.05, 0) is 57.2 Å². The van der Waals surface area contributed by atoms with Gasteiger partial charge < -0.3 is 10.1 Å². The van der Waals surface area contributed by atoms with Crippen LogP contribution < -0.4 is 5.32 Å². The first-order valence-electron chi connectivity index (χ1n) is 7.10. The Morgan fingerprint density at radius 2 is 2.11 bits per heavy atom. The molecular weight excluding hydrogens is 242 g/mol. The predicted octanol–water partition coefficient (Wildman–Crippen LogP) is 3.83. The Balaban J connectivity index is 2.15. The van der Waals surface area contributed by atoms with Crippen molar-refractivity contribution in [1.29, 1.82) is 0 Å². The van der Waals surface area contributed by atoms with E-state index in [0.29, 0.717) is 6.04 Å². The first-order valence-corrected chi connectivity index (χ1v) is 7.92.